The molecule has 5 heteroatoms. The summed E-state index contributed by atoms with van der Waals surface area (Å²) in [4.78, 5) is 16.5. The summed E-state index contributed by atoms with van der Waals surface area (Å²) in [5.74, 6) is 0.0306. The van der Waals surface area contributed by atoms with Gasteiger partial charge in [-0.3, -0.25) is 4.79 Å². The Morgan fingerprint density at radius 1 is 0.960 bits per heavy atom. The summed E-state index contributed by atoms with van der Waals surface area (Å²) < 4.78 is 15.1. The van der Waals surface area contributed by atoms with Crippen LogP contribution in [0.5, 0.6) is 0 Å². The second-order valence-electron chi connectivity index (χ2n) is 6.41. The fraction of sp³-hybridized carbons (Fsp3) is 0.400. The van der Waals surface area contributed by atoms with Crippen LogP contribution in [0.3, 0.4) is 0 Å². The van der Waals surface area contributed by atoms with Crippen LogP contribution in [0.1, 0.15) is 19.3 Å². The zero-order valence-corrected chi connectivity index (χ0v) is 14.5. The number of carbonyl (C=O) groups is 1. The Balaban J connectivity index is 1.37. The van der Waals surface area contributed by atoms with Crippen molar-refractivity contribution >= 4 is 11.6 Å². The quantitative estimate of drug-likeness (QED) is 0.596. The van der Waals surface area contributed by atoms with Gasteiger partial charge in [0, 0.05) is 56.8 Å². The van der Waals surface area contributed by atoms with Gasteiger partial charge in [-0.15, -0.1) is 0 Å². The molecule has 2 aromatic rings. The van der Waals surface area contributed by atoms with Crippen LogP contribution in [0.15, 0.2) is 54.9 Å². The third-order valence-corrected chi connectivity index (χ3v) is 4.66. The molecule has 1 saturated heterocycles. The lowest BCUT2D eigenvalue weighted by Gasteiger charge is -2.36. The zero-order chi connectivity index (χ0) is 17.5. The summed E-state index contributed by atoms with van der Waals surface area (Å²) in [7, 11) is 0. The normalized spacial score (nSPS) is 14.6. The highest BCUT2D eigenvalue weighted by atomic mass is 19.1. The van der Waals surface area contributed by atoms with E-state index >= 15 is 0 Å². The van der Waals surface area contributed by atoms with Crippen LogP contribution in [-0.2, 0) is 11.3 Å². The van der Waals surface area contributed by atoms with Gasteiger partial charge in [0.2, 0.25) is 5.91 Å². The van der Waals surface area contributed by atoms with E-state index in [4.69, 9.17) is 0 Å². The Bertz CT molecular complexity index is 667. The summed E-state index contributed by atoms with van der Waals surface area (Å²) in [6, 6.07) is 12.6. The largest absolute Gasteiger partial charge is 0.368 e. The molecule has 132 valence electrons. The molecule has 0 unspecified atom stereocenters. The molecule has 0 bridgehead atoms. The van der Waals surface area contributed by atoms with E-state index in [2.05, 4.69) is 21.9 Å². The van der Waals surface area contributed by atoms with Crippen molar-refractivity contribution in [1.82, 2.24) is 4.90 Å². The summed E-state index contributed by atoms with van der Waals surface area (Å²) in [5.41, 5.74) is 1.02. The van der Waals surface area contributed by atoms with E-state index in [-0.39, 0.29) is 11.7 Å². The van der Waals surface area contributed by atoms with Crippen molar-refractivity contribution in [2.24, 2.45) is 0 Å². The molecule has 25 heavy (non-hydrogen) atoms. The standard InChI is InChI=1S/C20H25FN3O/c21-18-7-9-19(10-8-18)23-14-16-24(17-15-23)20(25)6-2-5-13-22-11-3-1-4-12-22/h1,3-4,7-12H,2,5-6,13-17H2/q+1. The highest BCUT2D eigenvalue weighted by Gasteiger charge is 2.21. The second kappa shape index (κ2) is 8.60. The van der Waals surface area contributed by atoms with Crippen molar-refractivity contribution in [2.75, 3.05) is 31.1 Å². The van der Waals surface area contributed by atoms with Crippen LogP contribution in [0.4, 0.5) is 10.1 Å². The number of pyridine rings is 1. The number of amides is 1. The lowest BCUT2D eigenvalue weighted by molar-refractivity contribution is -0.697. The highest BCUT2D eigenvalue weighted by Crippen LogP contribution is 2.17. The Morgan fingerprint density at radius 2 is 1.64 bits per heavy atom. The van der Waals surface area contributed by atoms with Gasteiger partial charge in [0.15, 0.2) is 12.4 Å². The molecule has 0 atom stereocenters. The molecule has 0 radical (unpaired) electrons. The molecular weight excluding hydrogens is 317 g/mol. The first-order valence-electron chi connectivity index (χ1n) is 8.95. The maximum atomic E-state index is 13.0. The average molecular weight is 342 g/mol. The minimum atomic E-state index is -0.216. The van der Waals surface area contributed by atoms with E-state index in [0.717, 1.165) is 51.3 Å². The van der Waals surface area contributed by atoms with Gasteiger partial charge in [0.05, 0.1) is 0 Å². The fourth-order valence-corrected chi connectivity index (χ4v) is 3.18. The van der Waals surface area contributed by atoms with Crippen molar-refractivity contribution in [3.8, 4) is 0 Å². The van der Waals surface area contributed by atoms with Crippen LogP contribution in [0, 0.1) is 5.82 Å². The van der Waals surface area contributed by atoms with Gasteiger partial charge in [-0.2, -0.15) is 0 Å². The molecule has 2 heterocycles. The fourth-order valence-electron chi connectivity index (χ4n) is 3.18. The summed E-state index contributed by atoms with van der Waals surface area (Å²) in [6.45, 7) is 4.04. The summed E-state index contributed by atoms with van der Waals surface area (Å²) >= 11 is 0. The maximum absolute atomic E-state index is 13.0. The van der Waals surface area contributed by atoms with Gasteiger partial charge in [0.25, 0.3) is 0 Å². The number of rotatable bonds is 6. The molecule has 1 aromatic heterocycles. The number of benzene rings is 1. The second-order valence-corrected chi connectivity index (χ2v) is 6.41. The molecule has 1 fully saturated rings. The Hall–Kier alpha value is -2.43. The maximum Gasteiger partial charge on any atom is 0.222 e. The third kappa shape index (κ3) is 5.02. The van der Waals surface area contributed by atoms with Crippen molar-refractivity contribution in [3.63, 3.8) is 0 Å². The van der Waals surface area contributed by atoms with Crippen LogP contribution in [0.25, 0.3) is 0 Å². The first-order valence-corrected chi connectivity index (χ1v) is 8.95. The lowest BCUT2D eigenvalue weighted by Crippen LogP contribution is -2.48. The van der Waals surface area contributed by atoms with E-state index in [1.54, 1.807) is 12.1 Å². The van der Waals surface area contributed by atoms with Crippen LogP contribution in [0.2, 0.25) is 0 Å². The van der Waals surface area contributed by atoms with E-state index in [0.29, 0.717) is 6.42 Å². The first-order chi connectivity index (χ1) is 12.2. The van der Waals surface area contributed by atoms with Gasteiger partial charge < -0.3 is 9.80 Å². The van der Waals surface area contributed by atoms with Crippen LogP contribution < -0.4 is 9.47 Å². The molecule has 0 N–H and O–H groups in total. The van der Waals surface area contributed by atoms with E-state index in [1.165, 1.54) is 12.1 Å². The molecule has 0 aliphatic carbocycles. The van der Waals surface area contributed by atoms with Crippen LogP contribution >= 0.6 is 0 Å². The number of aromatic nitrogens is 1. The predicted molar refractivity (Wildman–Crippen MR) is 95.7 cm³/mol. The zero-order valence-electron chi connectivity index (χ0n) is 14.5. The number of aryl methyl sites for hydroxylation is 1. The van der Waals surface area contributed by atoms with Gasteiger partial charge in [-0.25, -0.2) is 8.96 Å². The molecule has 3 rings (SSSR count). The number of hydrogen-bond acceptors (Lipinski definition) is 2. The van der Waals surface area contributed by atoms with E-state index in [1.807, 2.05) is 23.1 Å². The Kier molecular flexibility index (Phi) is 5.99. The smallest absolute Gasteiger partial charge is 0.222 e. The molecular formula is C20H25FN3O+. The monoisotopic (exact) mass is 342 g/mol. The van der Waals surface area contributed by atoms with E-state index < -0.39 is 0 Å². The molecule has 1 amide bonds. The predicted octanol–water partition coefficient (Wildman–Crippen LogP) is 2.63. The number of anilines is 1. The molecule has 1 aromatic carbocycles. The van der Waals surface area contributed by atoms with Gasteiger partial charge in [-0.1, -0.05) is 6.07 Å². The van der Waals surface area contributed by atoms with Gasteiger partial charge in [-0.05, 0) is 30.7 Å². The molecule has 0 saturated carbocycles. The van der Waals surface area contributed by atoms with E-state index in [9.17, 15) is 9.18 Å². The SMILES string of the molecule is O=C(CCCC[n+]1ccccc1)N1CCN(c2ccc(F)cc2)CC1. The van der Waals surface area contributed by atoms with Crippen LogP contribution in [-0.4, -0.2) is 37.0 Å². The number of piperazine rings is 1. The lowest BCUT2D eigenvalue weighted by atomic mass is 10.2. The molecule has 0 spiro atoms. The Morgan fingerprint density at radius 3 is 2.32 bits per heavy atom. The number of nitrogens with zero attached hydrogens (tertiary/aromatic N) is 3. The number of unbranched alkanes of at least 4 members (excludes halogenated alkanes) is 1. The molecule has 4 nitrogen and oxygen atoms in total. The minimum absolute atomic E-state index is 0.216. The van der Waals surface area contributed by atoms with Crippen molar-refractivity contribution in [1.29, 1.82) is 0 Å². The molecule has 1 aliphatic rings. The van der Waals surface area contributed by atoms with Crippen molar-refractivity contribution < 1.29 is 13.8 Å². The Labute approximate surface area is 148 Å². The summed E-state index contributed by atoms with van der Waals surface area (Å²) in [6.07, 6.45) is 6.64. The highest BCUT2D eigenvalue weighted by molar-refractivity contribution is 5.76. The third-order valence-electron chi connectivity index (χ3n) is 4.66. The number of carbonyl (C=O) groups excluding carboxylic acids is 1. The average Bonchev–Trinajstić information content (AvgIpc) is 2.67. The van der Waals surface area contributed by atoms with Gasteiger partial charge >= 0.3 is 0 Å². The van der Waals surface area contributed by atoms with Crippen molar-refractivity contribution in [2.45, 2.75) is 25.8 Å². The topological polar surface area (TPSA) is 27.4 Å². The summed E-state index contributed by atoms with van der Waals surface area (Å²) in [5, 5.41) is 0. The molecule has 1 aliphatic heterocycles. The van der Waals surface area contributed by atoms with Crippen molar-refractivity contribution in [3.05, 3.63) is 60.7 Å². The minimum Gasteiger partial charge on any atom is -0.368 e. The number of hydrogen-bond donors (Lipinski definition) is 0. The van der Waals surface area contributed by atoms with Gasteiger partial charge in [0.1, 0.15) is 12.4 Å². The number of halogens is 1. The first kappa shape index (κ1) is 17.4.